The van der Waals surface area contributed by atoms with E-state index in [1.54, 1.807) is 66.7 Å². The average molecular weight is 558 g/mol. The Morgan fingerprint density at radius 2 is 1.42 bits per heavy atom. The van der Waals surface area contributed by atoms with Crippen molar-refractivity contribution in [2.24, 2.45) is 0 Å². The number of anilines is 1. The highest BCUT2D eigenvalue weighted by Crippen LogP contribution is 2.26. The smallest absolute Gasteiger partial charge is 0.264 e. The molecule has 3 aromatic rings. The summed E-state index contributed by atoms with van der Waals surface area (Å²) in [6, 6.07) is 21.1. The van der Waals surface area contributed by atoms with Crippen molar-refractivity contribution in [2.45, 2.75) is 23.6 Å². The van der Waals surface area contributed by atoms with E-state index in [-0.39, 0.29) is 36.0 Å². The Hall–Kier alpha value is -3.41. The van der Waals surface area contributed by atoms with Crippen molar-refractivity contribution in [3.63, 3.8) is 0 Å². The van der Waals surface area contributed by atoms with Gasteiger partial charge >= 0.3 is 0 Å². The molecule has 0 aromatic heterocycles. The SMILES string of the molecule is CCOc1ccc(N(CC(=O)N2CCN(S(=O)(=O)c3ccc(C)cc3)CC2)S(=O)(=O)c2ccccc2)cc1. The first-order chi connectivity index (χ1) is 18.1. The summed E-state index contributed by atoms with van der Waals surface area (Å²) in [5.41, 5.74) is 1.29. The molecule has 0 aliphatic carbocycles. The topological polar surface area (TPSA) is 104 Å². The monoisotopic (exact) mass is 557 g/mol. The lowest BCUT2D eigenvalue weighted by atomic mass is 10.2. The maximum atomic E-state index is 13.6. The highest BCUT2D eigenvalue weighted by Gasteiger charge is 2.33. The van der Waals surface area contributed by atoms with E-state index in [1.807, 2.05) is 13.8 Å². The lowest BCUT2D eigenvalue weighted by Crippen LogP contribution is -2.53. The van der Waals surface area contributed by atoms with Gasteiger partial charge in [0.05, 0.1) is 22.1 Å². The third-order valence-corrected chi connectivity index (χ3v) is 10.00. The predicted molar refractivity (Wildman–Crippen MR) is 145 cm³/mol. The van der Waals surface area contributed by atoms with Crippen molar-refractivity contribution in [3.8, 4) is 5.75 Å². The Morgan fingerprint density at radius 1 is 0.816 bits per heavy atom. The highest BCUT2D eigenvalue weighted by atomic mass is 32.2. The first-order valence-electron chi connectivity index (χ1n) is 12.3. The summed E-state index contributed by atoms with van der Waals surface area (Å²) in [7, 11) is -7.73. The molecule has 0 saturated carbocycles. The Morgan fingerprint density at radius 3 is 2.00 bits per heavy atom. The van der Waals surface area contributed by atoms with Crippen molar-refractivity contribution in [3.05, 3.63) is 84.4 Å². The fourth-order valence-corrected chi connectivity index (χ4v) is 7.03. The van der Waals surface area contributed by atoms with Crippen LogP contribution in [0.25, 0.3) is 0 Å². The second-order valence-corrected chi connectivity index (χ2v) is 12.6. The van der Waals surface area contributed by atoms with Gasteiger partial charge in [0.2, 0.25) is 15.9 Å². The number of sulfonamides is 2. The number of rotatable bonds is 9. The van der Waals surface area contributed by atoms with Gasteiger partial charge in [-0.3, -0.25) is 9.10 Å². The molecule has 1 fully saturated rings. The fraction of sp³-hybridized carbons (Fsp3) is 0.296. The summed E-state index contributed by atoms with van der Waals surface area (Å²) >= 11 is 0. The maximum absolute atomic E-state index is 13.6. The molecule has 1 heterocycles. The van der Waals surface area contributed by atoms with Crippen LogP contribution >= 0.6 is 0 Å². The van der Waals surface area contributed by atoms with Crippen LogP contribution in [0.15, 0.2) is 88.7 Å². The van der Waals surface area contributed by atoms with Gasteiger partial charge in [-0.2, -0.15) is 4.31 Å². The van der Waals surface area contributed by atoms with E-state index in [9.17, 15) is 21.6 Å². The summed E-state index contributed by atoms with van der Waals surface area (Å²) in [5.74, 6) is 0.177. The van der Waals surface area contributed by atoms with Gasteiger partial charge in [0, 0.05) is 26.2 Å². The van der Waals surface area contributed by atoms with Crippen LogP contribution in [0.2, 0.25) is 0 Å². The van der Waals surface area contributed by atoms with Crippen molar-refractivity contribution >= 4 is 31.6 Å². The number of nitrogens with zero attached hydrogens (tertiary/aromatic N) is 3. The second kappa shape index (κ2) is 11.5. The minimum absolute atomic E-state index is 0.0655. The van der Waals surface area contributed by atoms with Gasteiger partial charge in [-0.15, -0.1) is 0 Å². The molecule has 0 radical (unpaired) electrons. The van der Waals surface area contributed by atoms with Gasteiger partial charge in [-0.05, 0) is 62.4 Å². The van der Waals surface area contributed by atoms with Crippen LogP contribution in [0.3, 0.4) is 0 Å². The van der Waals surface area contributed by atoms with Crippen LogP contribution in [-0.2, 0) is 24.8 Å². The molecular formula is C27H31N3O6S2. The maximum Gasteiger partial charge on any atom is 0.264 e. The zero-order valence-corrected chi connectivity index (χ0v) is 23.0. The van der Waals surface area contributed by atoms with E-state index in [1.165, 1.54) is 21.3 Å². The van der Waals surface area contributed by atoms with Gasteiger partial charge in [0.25, 0.3) is 10.0 Å². The fourth-order valence-electron chi connectivity index (χ4n) is 4.17. The number of amides is 1. The van der Waals surface area contributed by atoms with Crippen LogP contribution in [-0.4, -0.2) is 71.3 Å². The third kappa shape index (κ3) is 6.01. The minimum Gasteiger partial charge on any atom is -0.494 e. The van der Waals surface area contributed by atoms with Crippen molar-refractivity contribution in [1.82, 2.24) is 9.21 Å². The summed E-state index contributed by atoms with van der Waals surface area (Å²) in [6.07, 6.45) is 0. The van der Waals surface area contributed by atoms with Crippen molar-refractivity contribution < 1.29 is 26.4 Å². The van der Waals surface area contributed by atoms with E-state index >= 15 is 0 Å². The number of carbonyl (C=O) groups is 1. The van der Waals surface area contributed by atoms with Gasteiger partial charge in [0.1, 0.15) is 12.3 Å². The molecule has 0 bridgehead atoms. The summed E-state index contributed by atoms with van der Waals surface area (Å²) in [5, 5.41) is 0. The average Bonchev–Trinajstić information content (AvgIpc) is 2.93. The molecule has 3 aromatic carbocycles. The van der Waals surface area contributed by atoms with E-state index < -0.39 is 32.5 Å². The first kappa shape index (κ1) is 27.6. The Kier molecular flexibility index (Phi) is 8.39. The van der Waals surface area contributed by atoms with Crippen molar-refractivity contribution in [1.29, 1.82) is 0 Å². The molecule has 1 saturated heterocycles. The first-order valence-corrected chi connectivity index (χ1v) is 15.2. The van der Waals surface area contributed by atoms with Crippen LogP contribution < -0.4 is 9.04 Å². The zero-order valence-electron chi connectivity index (χ0n) is 21.4. The number of hydrogen-bond donors (Lipinski definition) is 0. The third-order valence-electron chi connectivity index (χ3n) is 6.30. The lowest BCUT2D eigenvalue weighted by molar-refractivity contribution is -0.130. The quantitative estimate of drug-likeness (QED) is 0.401. The molecule has 0 atom stereocenters. The molecule has 1 amide bonds. The number of aryl methyl sites for hydroxylation is 1. The minimum atomic E-state index is -4.05. The van der Waals surface area contributed by atoms with Crippen LogP contribution in [0.1, 0.15) is 12.5 Å². The van der Waals surface area contributed by atoms with E-state index in [0.29, 0.717) is 18.0 Å². The van der Waals surface area contributed by atoms with Gasteiger partial charge in [-0.25, -0.2) is 16.8 Å². The van der Waals surface area contributed by atoms with Gasteiger partial charge < -0.3 is 9.64 Å². The molecule has 1 aliphatic rings. The number of piperazine rings is 1. The van der Waals surface area contributed by atoms with Crippen LogP contribution in [0.4, 0.5) is 5.69 Å². The Labute approximate surface area is 224 Å². The predicted octanol–water partition coefficient (Wildman–Crippen LogP) is 3.12. The van der Waals surface area contributed by atoms with Gasteiger partial charge in [0.15, 0.2) is 0 Å². The molecule has 0 unspecified atom stereocenters. The van der Waals surface area contributed by atoms with E-state index in [0.717, 1.165) is 9.87 Å². The molecular weight excluding hydrogens is 526 g/mol. The highest BCUT2D eigenvalue weighted by molar-refractivity contribution is 7.92. The number of benzene rings is 3. The van der Waals surface area contributed by atoms with Crippen LogP contribution in [0, 0.1) is 6.92 Å². The number of hydrogen-bond acceptors (Lipinski definition) is 6. The molecule has 11 heteroatoms. The van der Waals surface area contributed by atoms with Crippen molar-refractivity contribution in [2.75, 3.05) is 43.6 Å². The molecule has 0 spiro atoms. The zero-order chi connectivity index (χ0) is 27.3. The van der Waals surface area contributed by atoms with Gasteiger partial charge in [-0.1, -0.05) is 35.9 Å². The number of carbonyl (C=O) groups excluding carboxylic acids is 1. The van der Waals surface area contributed by atoms with E-state index in [2.05, 4.69) is 0 Å². The summed E-state index contributed by atoms with van der Waals surface area (Å²) in [6.45, 7) is 4.34. The normalized spacial score (nSPS) is 14.7. The standard InChI is InChI=1S/C27H31N3O6S2/c1-3-36-24-13-11-23(12-14-24)30(38(34,35)25-7-5-4-6-8-25)21-27(31)28-17-19-29(20-18-28)37(32,33)26-15-9-22(2)10-16-26/h4-16H,3,17-21H2,1-2H3. The van der Waals surface area contributed by atoms with E-state index in [4.69, 9.17) is 4.74 Å². The Balaban J connectivity index is 1.51. The molecule has 38 heavy (non-hydrogen) atoms. The molecule has 202 valence electrons. The number of ether oxygens (including phenoxy) is 1. The Bertz CT molecular complexity index is 1450. The largest absolute Gasteiger partial charge is 0.494 e. The summed E-state index contributed by atoms with van der Waals surface area (Å²) in [4.78, 5) is 15.1. The summed E-state index contributed by atoms with van der Waals surface area (Å²) < 4.78 is 61.1. The molecule has 0 N–H and O–H groups in total. The molecule has 9 nitrogen and oxygen atoms in total. The molecule has 1 aliphatic heterocycles. The second-order valence-electron chi connectivity index (χ2n) is 8.85. The molecule has 4 rings (SSSR count). The lowest BCUT2D eigenvalue weighted by Gasteiger charge is -2.35. The van der Waals surface area contributed by atoms with Crippen LogP contribution in [0.5, 0.6) is 5.75 Å².